The highest BCUT2D eigenvalue weighted by Gasteiger charge is 2.13. The lowest BCUT2D eigenvalue weighted by molar-refractivity contribution is -0.135. The maximum atomic E-state index is 11.2. The monoisotopic (exact) mass is 341 g/mol. The topological polar surface area (TPSA) is 79.7 Å². The van der Waals surface area contributed by atoms with Gasteiger partial charge in [-0.2, -0.15) is 0 Å². The summed E-state index contributed by atoms with van der Waals surface area (Å²) in [5.41, 5.74) is 2.19. The number of carbonyl (C=O) groups is 1. The summed E-state index contributed by atoms with van der Waals surface area (Å²) >= 11 is 1.46. The van der Waals surface area contributed by atoms with Crippen LogP contribution in [0, 0.1) is 0 Å². The van der Waals surface area contributed by atoms with Gasteiger partial charge in [-0.1, -0.05) is 18.2 Å². The number of aromatic hydroxyl groups is 1. The highest BCUT2D eigenvalue weighted by Crippen LogP contribution is 2.32. The van der Waals surface area contributed by atoms with Crippen molar-refractivity contribution in [3.05, 3.63) is 53.0 Å². The van der Waals surface area contributed by atoms with Crippen LogP contribution in [0.4, 0.5) is 0 Å². The van der Waals surface area contributed by atoms with Crippen LogP contribution in [0.2, 0.25) is 0 Å². The number of rotatable bonds is 5. The van der Waals surface area contributed by atoms with E-state index in [2.05, 4.69) is 4.98 Å². The molecular formula is C18H15NO4S. The second-order valence-corrected chi connectivity index (χ2v) is 6.19. The zero-order valence-electron chi connectivity index (χ0n) is 12.9. The van der Waals surface area contributed by atoms with E-state index < -0.39 is 5.97 Å². The summed E-state index contributed by atoms with van der Waals surface area (Å²) < 4.78 is 6.10. The smallest absolute Gasteiger partial charge is 0.307 e. The van der Waals surface area contributed by atoms with Crippen LogP contribution in [0.5, 0.6) is 11.5 Å². The minimum atomic E-state index is -0.925. The van der Waals surface area contributed by atoms with Crippen LogP contribution in [-0.4, -0.2) is 28.3 Å². The third-order valence-corrected chi connectivity index (χ3v) is 4.57. The lowest BCUT2D eigenvalue weighted by Gasteiger charge is -2.05. The molecule has 0 aliphatic rings. The molecule has 6 heteroatoms. The first-order valence-electron chi connectivity index (χ1n) is 7.22. The fourth-order valence-corrected chi connectivity index (χ4v) is 3.33. The molecule has 122 valence electrons. The lowest BCUT2D eigenvalue weighted by Crippen LogP contribution is -1.97. The SMILES string of the molecule is COc1cc(/C=C(\CC(=O)O)c2nc3ccccc3s2)ccc1O. The number of carboxylic acid groups (broad SMARTS) is 1. The number of hydrogen-bond acceptors (Lipinski definition) is 5. The number of hydrogen-bond donors (Lipinski definition) is 2. The Labute approximate surface area is 142 Å². The van der Waals surface area contributed by atoms with Crippen LogP contribution in [0.25, 0.3) is 21.9 Å². The van der Waals surface area contributed by atoms with Crippen molar-refractivity contribution in [3.8, 4) is 11.5 Å². The van der Waals surface area contributed by atoms with E-state index in [1.807, 2.05) is 24.3 Å². The van der Waals surface area contributed by atoms with Crippen molar-refractivity contribution in [3.63, 3.8) is 0 Å². The molecule has 24 heavy (non-hydrogen) atoms. The number of thiazole rings is 1. The van der Waals surface area contributed by atoms with Crippen molar-refractivity contribution in [1.29, 1.82) is 0 Å². The molecule has 0 spiro atoms. The molecule has 0 amide bonds. The number of para-hydroxylation sites is 1. The standard InChI is InChI=1S/C18H15NO4S/c1-23-15-9-11(6-7-14(15)20)8-12(10-17(21)22)18-19-13-4-2-3-5-16(13)24-18/h2-9,20H,10H2,1H3,(H,21,22)/b12-8+. The van der Waals surface area contributed by atoms with Crippen molar-refractivity contribution >= 4 is 39.2 Å². The zero-order valence-corrected chi connectivity index (χ0v) is 13.7. The van der Waals surface area contributed by atoms with Crippen LogP contribution in [0.1, 0.15) is 17.0 Å². The largest absolute Gasteiger partial charge is 0.504 e. The van der Waals surface area contributed by atoms with Gasteiger partial charge in [0.25, 0.3) is 0 Å². The van der Waals surface area contributed by atoms with Gasteiger partial charge in [-0.3, -0.25) is 4.79 Å². The van der Waals surface area contributed by atoms with E-state index in [9.17, 15) is 15.0 Å². The van der Waals surface area contributed by atoms with Crippen molar-refractivity contribution < 1.29 is 19.7 Å². The van der Waals surface area contributed by atoms with Gasteiger partial charge in [-0.15, -0.1) is 11.3 Å². The third kappa shape index (κ3) is 3.38. The van der Waals surface area contributed by atoms with Crippen molar-refractivity contribution in [2.24, 2.45) is 0 Å². The molecule has 3 aromatic rings. The number of ether oxygens (including phenoxy) is 1. The molecule has 0 aliphatic carbocycles. The number of aromatic nitrogens is 1. The molecular weight excluding hydrogens is 326 g/mol. The van der Waals surface area contributed by atoms with Crippen molar-refractivity contribution in [1.82, 2.24) is 4.98 Å². The van der Waals surface area contributed by atoms with E-state index in [-0.39, 0.29) is 12.2 Å². The average Bonchev–Trinajstić information content (AvgIpc) is 2.99. The molecule has 5 nitrogen and oxygen atoms in total. The Morgan fingerprint density at radius 3 is 2.79 bits per heavy atom. The number of fused-ring (bicyclic) bond motifs is 1. The van der Waals surface area contributed by atoms with Crippen molar-refractivity contribution in [2.75, 3.05) is 7.11 Å². The van der Waals surface area contributed by atoms with Gasteiger partial charge in [0.05, 0.1) is 23.7 Å². The summed E-state index contributed by atoms with van der Waals surface area (Å²) in [6.45, 7) is 0. The summed E-state index contributed by atoms with van der Waals surface area (Å²) in [4.78, 5) is 15.8. The second kappa shape index (κ2) is 6.72. The second-order valence-electron chi connectivity index (χ2n) is 5.16. The Morgan fingerprint density at radius 1 is 1.29 bits per heavy atom. The van der Waals surface area contributed by atoms with Gasteiger partial charge in [0.15, 0.2) is 11.5 Å². The molecule has 0 fully saturated rings. The zero-order chi connectivity index (χ0) is 17.1. The van der Waals surface area contributed by atoms with Gasteiger partial charge in [-0.25, -0.2) is 4.98 Å². The quantitative estimate of drug-likeness (QED) is 0.732. The van der Waals surface area contributed by atoms with Gasteiger partial charge >= 0.3 is 5.97 Å². The van der Waals surface area contributed by atoms with E-state index in [1.165, 1.54) is 24.5 Å². The summed E-state index contributed by atoms with van der Waals surface area (Å²) in [7, 11) is 1.47. The van der Waals surface area contributed by atoms with Gasteiger partial charge in [-0.05, 0) is 41.5 Å². The highest BCUT2D eigenvalue weighted by atomic mass is 32.1. The highest BCUT2D eigenvalue weighted by molar-refractivity contribution is 7.19. The Balaban J connectivity index is 2.07. The molecule has 0 atom stereocenters. The summed E-state index contributed by atoms with van der Waals surface area (Å²) in [6.07, 6.45) is 1.62. The van der Waals surface area contributed by atoms with Gasteiger partial charge in [0.1, 0.15) is 5.01 Å². The maximum Gasteiger partial charge on any atom is 0.307 e. The summed E-state index contributed by atoms with van der Waals surface area (Å²) in [5, 5.41) is 19.6. The van der Waals surface area contributed by atoms with Crippen LogP contribution in [0.3, 0.4) is 0 Å². The number of methoxy groups -OCH3 is 1. The molecule has 0 saturated heterocycles. The van der Waals surface area contributed by atoms with E-state index in [1.54, 1.807) is 18.2 Å². The first kappa shape index (κ1) is 16.0. The number of phenols is 1. The first-order chi connectivity index (χ1) is 11.6. The normalized spacial score (nSPS) is 11.6. The Bertz CT molecular complexity index is 897. The predicted octanol–water partition coefficient (Wildman–Crippen LogP) is 4.03. The number of aliphatic carboxylic acids is 1. The Hall–Kier alpha value is -2.86. The fraction of sp³-hybridized carbons (Fsp3) is 0.111. The van der Waals surface area contributed by atoms with Crippen LogP contribution >= 0.6 is 11.3 Å². The molecule has 2 N–H and O–H groups in total. The number of nitrogens with zero attached hydrogens (tertiary/aromatic N) is 1. The summed E-state index contributed by atoms with van der Waals surface area (Å²) in [6, 6.07) is 12.6. The third-order valence-electron chi connectivity index (χ3n) is 3.45. The molecule has 2 aromatic carbocycles. The molecule has 0 bridgehead atoms. The number of phenolic OH excluding ortho intramolecular Hbond substituents is 1. The van der Waals surface area contributed by atoms with Crippen LogP contribution in [-0.2, 0) is 4.79 Å². The van der Waals surface area contributed by atoms with Crippen LogP contribution in [0.15, 0.2) is 42.5 Å². The Kier molecular flexibility index (Phi) is 4.48. The lowest BCUT2D eigenvalue weighted by atomic mass is 10.1. The number of carboxylic acids is 1. The molecule has 0 saturated carbocycles. The molecule has 0 unspecified atom stereocenters. The average molecular weight is 341 g/mol. The molecule has 0 aliphatic heterocycles. The van der Waals surface area contributed by atoms with Gasteiger partial charge in [0, 0.05) is 0 Å². The summed E-state index contributed by atoms with van der Waals surface area (Å²) in [5.74, 6) is -0.552. The van der Waals surface area contributed by atoms with E-state index in [0.717, 1.165) is 15.8 Å². The van der Waals surface area contributed by atoms with E-state index in [4.69, 9.17) is 4.74 Å². The van der Waals surface area contributed by atoms with Crippen molar-refractivity contribution in [2.45, 2.75) is 6.42 Å². The van der Waals surface area contributed by atoms with E-state index >= 15 is 0 Å². The number of benzene rings is 2. The molecule has 0 radical (unpaired) electrons. The fourth-order valence-electron chi connectivity index (χ4n) is 2.35. The maximum absolute atomic E-state index is 11.2. The molecule has 3 rings (SSSR count). The van der Waals surface area contributed by atoms with Crippen LogP contribution < -0.4 is 4.74 Å². The minimum Gasteiger partial charge on any atom is -0.504 e. The predicted molar refractivity (Wildman–Crippen MR) is 94.4 cm³/mol. The first-order valence-corrected chi connectivity index (χ1v) is 8.04. The van der Waals surface area contributed by atoms with Gasteiger partial charge in [0.2, 0.25) is 0 Å². The molecule has 1 aromatic heterocycles. The molecule has 1 heterocycles. The van der Waals surface area contributed by atoms with E-state index in [0.29, 0.717) is 16.3 Å². The Morgan fingerprint density at radius 2 is 2.08 bits per heavy atom. The minimum absolute atomic E-state index is 0.0365. The van der Waals surface area contributed by atoms with Gasteiger partial charge < -0.3 is 14.9 Å².